The molecule has 11 nitrogen and oxygen atoms in total. The summed E-state index contributed by atoms with van der Waals surface area (Å²) in [4.78, 5) is 39.5. The van der Waals surface area contributed by atoms with Crippen LogP contribution in [0.25, 0.3) is 0 Å². The van der Waals surface area contributed by atoms with Crippen molar-refractivity contribution in [3.63, 3.8) is 0 Å². The highest BCUT2D eigenvalue weighted by Crippen LogP contribution is 2.70. The molecule has 4 aliphatic rings. The molecule has 0 spiro atoms. The lowest BCUT2D eigenvalue weighted by Crippen LogP contribution is -2.69. The number of aromatic nitrogens is 2. The Morgan fingerprint density at radius 2 is 1.87 bits per heavy atom. The third-order valence-electron chi connectivity index (χ3n) is 10.6. The van der Waals surface area contributed by atoms with Gasteiger partial charge >= 0.3 is 11.9 Å². The Balaban J connectivity index is 1.31. The van der Waals surface area contributed by atoms with Crippen LogP contribution in [0, 0.1) is 34.0 Å². The third kappa shape index (κ3) is 4.51. The van der Waals surface area contributed by atoms with Gasteiger partial charge in [-0.05, 0) is 81.4 Å². The van der Waals surface area contributed by atoms with Gasteiger partial charge in [0.2, 0.25) is 17.4 Å². The number of ether oxygens (including phenoxy) is 3. The largest absolute Gasteiger partial charge is 0.492 e. The zero-order valence-corrected chi connectivity index (χ0v) is 24.7. The zero-order chi connectivity index (χ0) is 32.2. The van der Waals surface area contributed by atoms with Crippen LogP contribution in [-0.4, -0.2) is 62.1 Å². The molecule has 1 heterocycles. The van der Waals surface area contributed by atoms with E-state index in [-0.39, 0.29) is 35.9 Å². The Labute approximate surface area is 258 Å². The van der Waals surface area contributed by atoms with E-state index >= 15 is 4.39 Å². The normalized spacial score (nSPS) is 34.8. The number of hydrogen-bond acceptors (Lipinski definition) is 11. The first-order valence-corrected chi connectivity index (χ1v) is 14.8. The molecule has 0 saturated heterocycles. The number of aliphatic hydroxyl groups excluding tert-OH is 1. The SMILES string of the molecule is C[C@]12C=CC(=O)C=C1CC[C@H]1[C@@H]3CC[C@@](OC(=O)c4ccc(Oc5ccc(O)nn5)cc4)(C(=O)OCC#N)[C@@]3(C)C[C@H](O)C12F. The van der Waals surface area contributed by atoms with Gasteiger partial charge in [0.05, 0.1) is 11.7 Å². The maximum atomic E-state index is 17.5. The van der Waals surface area contributed by atoms with E-state index in [0.717, 1.165) is 0 Å². The number of aromatic hydroxyl groups is 1. The predicted octanol–water partition coefficient (Wildman–Crippen LogP) is 4.31. The van der Waals surface area contributed by atoms with Gasteiger partial charge in [0.25, 0.3) is 0 Å². The highest BCUT2D eigenvalue weighted by Gasteiger charge is 2.76. The van der Waals surface area contributed by atoms with Crippen LogP contribution in [0.4, 0.5) is 4.39 Å². The number of carbonyl (C=O) groups excluding carboxylic acids is 3. The molecule has 1 aromatic heterocycles. The van der Waals surface area contributed by atoms with Crippen LogP contribution in [0.2, 0.25) is 0 Å². The van der Waals surface area contributed by atoms with Crippen LogP contribution in [0.5, 0.6) is 17.5 Å². The summed E-state index contributed by atoms with van der Waals surface area (Å²) >= 11 is 0. The molecule has 3 fully saturated rings. The molecule has 0 amide bonds. The van der Waals surface area contributed by atoms with Gasteiger partial charge in [-0.1, -0.05) is 18.6 Å². The van der Waals surface area contributed by atoms with Gasteiger partial charge in [0.1, 0.15) is 11.8 Å². The van der Waals surface area contributed by atoms with Crippen molar-refractivity contribution < 1.29 is 43.2 Å². The number of halogens is 1. The summed E-state index contributed by atoms with van der Waals surface area (Å²) in [6.07, 6.45) is 3.66. The summed E-state index contributed by atoms with van der Waals surface area (Å²) in [6.45, 7) is 2.85. The maximum absolute atomic E-state index is 17.5. The standard InChI is InChI=1S/C33H32FN3O8/c1-30-13-11-21(38)17-20(30)5-8-24-23-12-14-32(29(42)43-16-15-35,31(23,2)18-25(39)33(24,30)34)45-28(41)19-3-6-22(7-4-19)44-27-10-9-26(40)36-37-27/h3-4,6-7,9-11,13,17,23-25,39H,5,8,12,14,16,18H2,1-2H3,(H,36,40)/t23-,24-,25-,30-,31-,32+,33?/m0/s1. The van der Waals surface area contributed by atoms with Crippen molar-refractivity contribution >= 4 is 17.7 Å². The summed E-state index contributed by atoms with van der Waals surface area (Å²) in [6, 6.07) is 10.3. The van der Waals surface area contributed by atoms with Crippen LogP contribution in [0.3, 0.4) is 0 Å². The quantitative estimate of drug-likeness (QED) is 0.443. The molecule has 3 saturated carbocycles. The van der Waals surface area contributed by atoms with Gasteiger partial charge in [-0.15, -0.1) is 10.2 Å². The number of aliphatic hydroxyl groups is 1. The van der Waals surface area contributed by atoms with Crippen molar-refractivity contribution in [1.82, 2.24) is 10.2 Å². The van der Waals surface area contributed by atoms with E-state index in [4.69, 9.17) is 19.5 Å². The lowest BCUT2D eigenvalue weighted by Gasteiger charge is -2.62. The molecular formula is C33H32FN3O8. The van der Waals surface area contributed by atoms with E-state index in [1.54, 1.807) is 26.0 Å². The van der Waals surface area contributed by atoms with Crippen LogP contribution in [0.15, 0.2) is 60.2 Å². The Bertz CT molecular complexity index is 1650. The topological polar surface area (TPSA) is 169 Å². The second-order valence-corrected chi connectivity index (χ2v) is 12.6. The van der Waals surface area contributed by atoms with Crippen molar-refractivity contribution in [3.05, 3.63) is 65.8 Å². The maximum Gasteiger partial charge on any atom is 0.352 e. The lowest BCUT2D eigenvalue weighted by molar-refractivity contribution is -0.224. The Morgan fingerprint density at radius 1 is 1.11 bits per heavy atom. The van der Waals surface area contributed by atoms with E-state index in [2.05, 4.69) is 10.2 Å². The van der Waals surface area contributed by atoms with Crippen molar-refractivity contribution in [2.75, 3.05) is 6.61 Å². The molecule has 1 aromatic carbocycles. The fourth-order valence-corrected chi connectivity index (χ4v) is 8.32. The summed E-state index contributed by atoms with van der Waals surface area (Å²) < 4.78 is 34.4. The monoisotopic (exact) mass is 617 g/mol. The highest BCUT2D eigenvalue weighted by molar-refractivity contribution is 6.01. The van der Waals surface area contributed by atoms with E-state index in [9.17, 15) is 24.6 Å². The number of fused-ring (bicyclic) bond motifs is 5. The minimum absolute atomic E-state index is 0.0118. The second-order valence-electron chi connectivity index (χ2n) is 12.6. The number of allylic oxidation sites excluding steroid dienone is 4. The first-order valence-electron chi connectivity index (χ1n) is 14.8. The number of hydrogen-bond donors (Lipinski definition) is 2. The lowest BCUT2D eigenvalue weighted by atomic mass is 9.45. The smallest absolute Gasteiger partial charge is 0.352 e. The molecule has 234 valence electrons. The predicted molar refractivity (Wildman–Crippen MR) is 153 cm³/mol. The average Bonchev–Trinajstić information content (AvgIpc) is 3.30. The minimum Gasteiger partial charge on any atom is -0.492 e. The summed E-state index contributed by atoms with van der Waals surface area (Å²) in [5.41, 5.74) is -5.77. The van der Waals surface area contributed by atoms with Crippen LogP contribution in [-0.2, 0) is 19.1 Å². The van der Waals surface area contributed by atoms with E-state index in [0.29, 0.717) is 30.6 Å². The zero-order valence-electron chi connectivity index (χ0n) is 24.7. The molecule has 1 unspecified atom stereocenters. The molecule has 4 aliphatic carbocycles. The number of ketones is 1. The number of benzene rings is 1. The third-order valence-corrected chi connectivity index (χ3v) is 10.6. The average molecular weight is 618 g/mol. The molecule has 6 rings (SSSR count). The molecular weight excluding hydrogens is 585 g/mol. The number of rotatable bonds is 6. The Kier molecular flexibility index (Phi) is 7.27. The van der Waals surface area contributed by atoms with Gasteiger partial charge in [-0.2, -0.15) is 5.26 Å². The molecule has 2 N–H and O–H groups in total. The van der Waals surface area contributed by atoms with Gasteiger partial charge in [-0.3, -0.25) is 4.79 Å². The van der Waals surface area contributed by atoms with Crippen molar-refractivity contribution in [1.29, 1.82) is 5.26 Å². The Hall–Kier alpha value is -4.63. The Morgan fingerprint density at radius 3 is 2.56 bits per heavy atom. The second kappa shape index (κ2) is 10.8. The summed E-state index contributed by atoms with van der Waals surface area (Å²) in [5.74, 6) is -3.03. The fraction of sp³-hybridized carbons (Fsp3) is 0.455. The van der Waals surface area contributed by atoms with Crippen LogP contribution < -0.4 is 4.74 Å². The van der Waals surface area contributed by atoms with Crippen molar-refractivity contribution in [2.45, 2.75) is 63.3 Å². The van der Waals surface area contributed by atoms with Gasteiger partial charge in [0, 0.05) is 28.9 Å². The van der Waals surface area contributed by atoms with Gasteiger partial charge in [-0.25, -0.2) is 14.0 Å². The van der Waals surface area contributed by atoms with Crippen LogP contribution in [0.1, 0.15) is 56.3 Å². The number of carbonyl (C=O) groups is 3. The van der Waals surface area contributed by atoms with Crippen LogP contribution >= 0.6 is 0 Å². The van der Waals surface area contributed by atoms with E-state index in [1.165, 1.54) is 48.6 Å². The molecule has 2 aromatic rings. The molecule has 0 bridgehead atoms. The molecule has 7 atom stereocenters. The summed E-state index contributed by atoms with van der Waals surface area (Å²) in [7, 11) is 0. The van der Waals surface area contributed by atoms with Gasteiger partial charge in [0.15, 0.2) is 18.1 Å². The van der Waals surface area contributed by atoms with E-state index < -0.39 is 58.6 Å². The van der Waals surface area contributed by atoms with Gasteiger partial charge < -0.3 is 24.4 Å². The fourth-order valence-electron chi connectivity index (χ4n) is 8.32. The van der Waals surface area contributed by atoms with Crippen molar-refractivity contribution in [3.8, 4) is 23.6 Å². The van der Waals surface area contributed by atoms with E-state index in [1.807, 2.05) is 0 Å². The number of nitrogens with zero attached hydrogens (tertiary/aromatic N) is 3. The molecule has 45 heavy (non-hydrogen) atoms. The van der Waals surface area contributed by atoms with Crippen molar-refractivity contribution in [2.24, 2.45) is 22.7 Å². The number of nitriles is 1. The molecule has 0 radical (unpaired) electrons. The summed E-state index contributed by atoms with van der Waals surface area (Å²) in [5, 5.41) is 37.3. The molecule has 12 heteroatoms. The first-order chi connectivity index (χ1) is 21.4. The highest BCUT2D eigenvalue weighted by atomic mass is 19.1. The first kappa shape index (κ1) is 30.4. The molecule has 0 aliphatic heterocycles. The minimum atomic E-state index is -2.13. The number of esters is 2. The number of alkyl halides is 1.